The van der Waals surface area contributed by atoms with Gasteiger partial charge in [0.1, 0.15) is 0 Å². The molecule has 0 aromatic carbocycles. The molecule has 0 fully saturated rings. The first-order valence-corrected chi connectivity index (χ1v) is 4.12. The van der Waals surface area contributed by atoms with E-state index in [0.717, 1.165) is 11.8 Å². The van der Waals surface area contributed by atoms with E-state index in [4.69, 9.17) is 0 Å². The first-order valence-electron chi connectivity index (χ1n) is 4.12. The van der Waals surface area contributed by atoms with E-state index >= 15 is 0 Å². The Balaban J connectivity index is 2.48. The molecule has 0 radical (unpaired) electrons. The van der Waals surface area contributed by atoms with Crippen LogP contribution >= 0.6 is 0 Å². The lowest BCUT2D eigenvalue weighted by molar-refractivity contribution is 0.681. The van der Waals surface area contributed by atoms with Crippen molar-refractivity contribution in [2.24, 2.45) is 11.8 Å². The van der Waals surface area contributed by atoms with Crippen LogP contribution in [0.5, 0.6) is 0 Å². The predicted molar refractivity (Wildman–Crippen MR) is 45.8 cm³/mol. The smallest absolute Gasteiger partial charge is 0.0227 e. The van der Waals surface area contributed by atoms with Gasteiger partial charge in [0.2, 0.25) is 0 Å². The number of hydrogen-bond donors (Lipinski definition) is 0. The Bertz CT molecular complexity index is 124. The Labute approximate surface area is 63.6 Å². The van der Waals surface area contributed by atoms with E-state index in [1.165, 1.54) is 12.8 Å². The molecule has 0 nitrogen and oxygen atoms in total. The Morgan fingerprint density at radius 2 is 1.30 bits per heavy atom. The Morgan fingerprint density at radius 1 is 0.900 bits per heavy atom. The number of hydrogen-bond acceptors (Lipinski definition) is 0. The van der Waals surface area contributed by atoms with E-state index in [9.17, 15) is 0 Å². The molecular formula is C10H16. The third kappa shape index (κ3) is 2.38. The van der Waals surface area contributed by atoms with Crippen LogP contribution in [0.25, 0.3) is 0 Å². The fourth-order valence-electron chi connectivity index (χ4n) is 1.21. The molecule has 0 amide bonds. The van der Waals surface area contributed by atoms with Crippen molar-refractivity contribution in [1.29, 1.82) is 0 Å². The van der Waals surface area contributed by atoms with Crippen LogP contribution in [0.2, 0.25) is 0 Å². The van der Waals surface area contributed by atoms with Crippen molar-refractivity contribution in [3.05, 3.63) is 24.3 Å². The molecule has 0 N–H and O–H groups in total. The first kappa shape index (κ1) is 7.59. The molecule has 56 valence electrons. The zero-order chi connectivity index (χ0) is 7.40. The van der Waals surface area contributed by atoms with Crippen LogP contribution < -0.4 is 0 Å². The normalized spacial score (nSPS) is 33.4. The molecule has 1 rings (SSSR count). The van der Waals surface area contributed by atoms with Gasteiger partial charge in [0.25, 0.3) is 0 Å². The maximum Gasteiger partial charge on any atom is -0.0227 e. The zero-order valence-electron chi connectivity index (χ0n) is 6.88. The highest BCUT2D eigenvalue weighted by molar-refractivity contribution is 4.99. The lowest BCUT2D eigenvalue weighted by atomic mass is 9.98. The summed E-state index contributed by atoms with van der Waals surface area (Å²) >= 11 is 0. The van der Waals surface area contributed by atoms with E-state index in [0.29, 0.717) is 0 Å². The average Bonchev–Trinajstić information content (AvgIpc) is 1.84. The first-order chi connectivity index (χ1) is 4.79. The largest absolute Gasteiger partial charge is 0.0877 e. The molecule has 0 heterocycles. The van der Waals surface area contributed by atoms with Crippen LogP contribution in [0.3, 0.4) is 0 Å². The minimum absolute atomic E-state index is 0.740. The van der Waals surface area contributed by atoms with Gasteiger partial charge >= 0.3 is 0 Å². The van der Waals surface area contributed by atoms with E-state index in [-0.39, 0.29) is 0 Å². The fraction of sp³-hybridized carbons (Fsp3) is 0.600. The summed E-state index contributed by atoms with van der Waals surface area (Å²) in [7, 11) is 0. The second-order valence-electron chi connectivity index (χ2n) is 3.28. The predicted octanol–water partition coefficient (Wildman–Crippen LogP) is 3.16. The van der Waals surface area contributed by atoms with E-state index in [1.54, 1.807) is 0 Å². The van der Waals surface area contributed by atoms with Gasteiger partial charge in [0, 0.05) is 0 Å². The van der Waals surface area contributed by atoms with Gasteiger partial charge in [-0.05, 0) is 24.7 Å². The van der Waals surface area contributed by atoms with E-state index < -0.39 is 0 Å². The van der Waals surface area contributed by atoms with Crippen molar-refractivity contribution in [2.45, 2.75) is 26.7 Å². The molecule has 0 aliphatic heterocycles. The summed E-state index contributed by atoms with van der Waals surface area (Å²) in [5, 5.41) is 0. The highest BCUT2D eigenvalue weighted by Crippen LogP contribution is 2.13. The quantitative estimate of drug-likeness (QED) is 0.449. The van der Waals surface area contributed by atoms with Gasteiger partial charge in [0.15, 0.2) is 0 Å². The van der Waals surface area contributed by atoms with Gasteiger partial charge < -0.3 is 0 Å². The molecule has 0 heteroatoms. The van der Waals surface area contributed by atoms with Crippen LogP contribution in [0.15, 0.2) is 24.3 Å². The third-order valence-corrected chi connectivity index (χ3v) is 1.94. The summed E-state index contributed by atoms with van der Waals surface area (Å²) in [5.74, 6) is 1.48. The molecular weight excluding hydrogens is 120 g/mol. The van der Waals surface area contributed by atoms with Gasteiger partial charge in [-0.1, -0.05) is 38.2 Å². The molecule has 0 aromatic heterocycles. The minimum atomic E-state index is 0.740. The molecule has 0 spiro atoms. The molecule has 0 saturated heterocycles. The van der Waals surface area contributed by atoms with Crippen molar-refractivity contribution in [1.82, 2.24) is 0 Å². The third-order valence-electron chi connectivity index (χ3n) is 1.94. The summed E-state index contributed by atoms with van der Waals surface area (Å²) in [6.45, 7) is 4.52. The summed E-state index contributed by atoms with van der Waals surface area (Å²) < 4.78 is 0. The standard InChI is InChI=1S/C10H16/c1-9-5-3-7-10(2)8-4-6-9/h3-5,8-10H,6-7H2,1-2H3/t9-,10-. The van der Waals surface area contributed by atoms with E-state index in [1.807, 2.05) is 0 Å². The maximum absolute atomic E-state index is 2.32. The Hall–Kier alpha value is -0.520. The molecule has 0 aromatic rings. The molecule has 0 saturated carbocycles. The van der Waals surface area contributed by atoms with Gasteiger partial charge in [-0.2, -0.15) is 0 Å². The second-order valence-corrected chi connectivity index (χ2v) is 3.28. The Morgan fingerprint density at radius 3 is 1.70 bits per heavy atom. The van der Waals surface area contributed by atoms with Crippen LogP contribution in [-0.4, -0.2) is 0 Å². The van der Waals surface area contributed by atoms with Crippen molar-refractivity contribution < 1.29 is 0 Å². The molecule has 10 heavy (non-hydrogen) atoms. The summed E-state index contributed by atoms with van der Waals surface area (Å²) in [6.07, 6.45) is 11.7. The summed E-state index contributed by atoms with van der Waals surface area (Å²) in [6, 6.07) is 0. The van der Waals surface area contributed by atoms with Crippen LogP contribution in [0, 0.1) is 11.8 Å². The van der Waals surface area contributed by atoms with Crippen molar-refractivity contribution in [2.75, 3.05) is 0 Å². The topological polar surface area (TPSA) is 0 Å². The lowest BCUT2D eigenvalue weighted by Gasteiger charge is -2.08. The number of rotatable bonds is 0. The van der Waals surface area contributed by atoms with Gasteiger partial charge in [-0.3, -0.25) is 0 Å². The SMILES string of the molecule is C[C@@H]1C=CC[C@@H](C)C=CC1. The average molecular weight is 136 g/mol. The monoisotopic (exact) mass is 136 g/mol. The van der Waals surface area contributed by atoms with Crippen molar-refractivity contribution in [3.63, 3.8) is 0 Å². The molecule has 2 atom stereocenters. The second kappa shape index (κ2) is 3.60. The van der Waals surface area contributed by atoms with Gasteiger partial charge in [0.05, 0.1) is 0 Å². The lowest BCUT2D eigenvalue weighted by Crippen LogP contribution is -1.93. The number of allylic oxidation sites excluding steroid dienone is 4. The fourth-order valence-corrected chi connectivity index (χ4v) is 1.21. The van der Waals surface area contributed by atoms with Crippen LogP contribution in [-0.2, 0) is 0 Å². The maximum atomic E-state index is 2.32. The molecule has 1 aliphatic rings. The summed E-state index contributed by atoms with van der Waals surface area (Å²) in [5.41, 5.74) is 0. The van der Waals surface area contributed by atoms with Crippen LogP contribution in [0.1, 0.15) is 26.7 Å². The van der Waals surface area contributed by atoms with E-state index in [2.05, 4.69) is 38.2 Å². The highest BCUT2D eigenvalue weighted by Gasteiger charge is 1.99. The molecule has 0 bridgehead atoms. The van der Waals surface area contributed by atoms with Gasteiger partial charge in [-0.15, -0.1) is 0 Å². The Kier molecular flexibility index (Phi) is 2.73. The van der Waals surface area contributed by atoms with Crippen molar-refractivity contribution in [3.8, 4) is 0 Å². The van der Waals surface area contributed by atoms with Crippen molar-refractivity contribution >= 4 is 0 Å². The van der Waals surface area contributed by atoms with Crippen LogP contribution in [0.4, 0.5) is 0 Å². The highest BCUT2D eigenvalue weighted by atomic mass is 14.0. The molecule has 1 aliphatic carbocycles. The minimum Gasteiger partial charge on any atom is -0.0877 e. The molecule has 0 unspecified atom stereocenters. The zero-order valence-corrected chi connectivity index (χ0v) is 6.88. The van der Waals surface area contributed by atoms with Gasteiger partial charge in [-0.25, -0.2) is 0 Å². The summed E-state index contributed by atoms with van der Waals surface area (Å²) in [4.78, 5) is 0.